The number of rotatable bonds is 2. The number of carboxylic acid groups (broad SMARTS) is 1. The van der Waals surface area contributed by atoms with E-state index in [0.717, 1.165) is 0 Å². The Bertz CT molecular complexity index is 534. The molecule has 2 heterocycles. The van der Waals surface area contributed by atoms with E-state index in [1.165, 1.54) is 4.68 Å². The summed E-state index contributed by atoms with van der Waals surface area (Å²) in [7, 11) is 0. The van der Waals surface area contributed by atoms with Gasteiger partial charge in [-0.2, -0.15) is 10.2 Å². The van der Waals surface area contributed by atoms with Gasteiger partial charge in [0.1, 0.15) is 5.56 Å². The maximum Gasteiger partial charge on any atom is 0.339 e. The van der Waals surface area contributed by atoms with Crippen LogP contribution in [0, 0.1) is 13.8 Å². The molecule has 0 aliphatic rings. The molecule has 0 spiro atoms. The van der Waals surface area contributed by atoms with E-state index in [9.17, 15) is 4.79 Å². The van der Waals surface area contributed by atoms with E-state index in [0.29, 0.717) is 11.3 Å². The van der Waals surface area contributed by atoms with Gasteiger partial charge in [-0.25, -0.2) is 9.48 Å². The van der Waals surface area contributed by atoms with Crippen molar-refractivity contribution in [2.45, 2.75) is 13.8 Å². The highest BCUT2D eigenvalue weighted by molar-refractivity contribution is 5.92. The van der Waals surface area contributed by atoms with E-state index in [4.69, 9.17) is 5.11 Å². The van der Waals surface area contributed by atoms with Gasteiger partial charge in [-0.1, -0.05) is 0 Å². The number of aromatic nitrogens is 4. The van der Waals surface area contributed by atoms with E-state index in [-0.39, 0.29) is 11.4 Å². The number of carboxylic acids is 1. The van der Waals surface area contributed by atoms with Crippen LogP contribution in [0.3, 0.4) is 0 Å². The van der Waals surface area contributed by atoms with Crippen LogP contribution in [0.4, 0.5) is 0 Å². The lowest BCUT2D eigenvalue weighted by Crippen LogP contribution is -2.13. The first kappa shape index (κ1) is 10.3. The number of carbonyl (C=O) groups is 1. The first-order chi connectivity index (χ1) is 7.61. The van der Waals surface area contributed by atoms with Gasteiger partial charge in [-0.3, -0.25) is 0 Å². The molecule has 2 aromatic heterocycles. The zero-order valence-electron chi connectivity index (χ0n) is 8.88. The highest BCUT2D eigenvalue weighted by atomic mass is 16.4. The van der Waals surface area contributed by atoms with Crippen LogP contribution in [0.1, 0.15) is 21.6 Å². The second-order valence-corrected chi connectivity index (χ2v) is 3.36. The predicted molar refractivity (Wildman–Crippen MR) is 55.6 cm³/mol. The minimum absolute atomic E-state index is 0.135. The molecule has 6 nitrogen and oxygen atoms in total. The summed E-state index contributed by atoms with van der Waals surface area (Å²) in [6, 6.07) is 1.70. The average molecular weight is 218 g/mol. The molecule has 0 bridgehead atoms. The first-order valence-corrected chi connectivity index (χ1v) is 4.68. The van der Waals surface area contributed by atoms with Crippen LogP contribution in [0.25, 0.3) is 5.82 Å². The fourth-order valence-electron chi connectivity index (χ4n) is 1.41. The molecule has 2 aromatic rings. The van der Waals surface area contributed by atoms with E-state index in [2.05, 4.69) is 15.3 Å². The summed E-state index contributed by atoms with van der Waals surface area (Å²) in [4.78, 5) is 11.2. The third-order valence-electron chi connectivity index (χ3n) is 2.37. The number of hydrogen-bond acceptors (Lipinski definition) is 4. The summed E-state index contributed by atoms with van der Waals surface area (Å²) in [6.07, 6.45) is 3.19. The highest BCUT2D eigenvalue weighted by Crippen LogP contribution is 2.16. The van der Waals surface area contributed by atoms with Crippen molar-refractivity contribution in [3.05, 3.63) is 35.3 Å². The molecular weight excluding hydrogens is 208 g/mol. The number of hydrogen-bond donors (Lipinski definition) is 1. The zero-order chi connectivity index (χ0) is 11.7. The third kappa shape index (κ3) is 1.54. The Morgan fingerprint density at radius 1 is 1.38 bits per heavy atom. The van der Waals surface area contributed by atoms with Crippen molar-refractivity contribution in [2.75, 3.05) is 0 Å². The van der Waals surface area contributed by atoms with Gasteiger partial charge in [0.05, 0.1) is 5.69 Å². The maximum atomic E-state index is 11.2. The molecule has 16 heavy (non-hydrogen) atoms. The summed E-state index contributed by atoms with van der Waals surface area (Å²) in [5, 5.41) is 20.9. The van der Waals surface area contributed by atoms with Gasteiger partial charge in [-0.15, -0.1) is 5.10 Å². The van der Waals surface area contributed by atoms with Crippen LogP contribution in [0.15, 0.2) is 18.5 Å². The summed E-state index contributed by atoms with van der Waals surface area (Å²) in [6.45, 7) is 3.43. The molecule has 0 aliphatic heterocycles. The van der Waals surface area contributed by atoms with Crippen LogP contribution in [0.5, 0.6) is 0 Å². The van der Waals surface area contributed by atoms with Crippen LogP contribution in [-0.2, 0) is 0 Å². The Kier molecular flexibility index (Phi) is 2.40. The average Bonchev–Trinajstić information content (AvgIpc) is 2.74. The molecule has 0 radical (unpaired) electrons. The van der Waals surface area contributed by atoms with Crippen LogP contribution < -0.4 is 0 Å². The zero-order valence-corrected chi connectivity index (χ0v) is 8.88. The quantitative estimate of drug-likeness (QED) is 0.812. The topological polar surface area (TPSA) is 80.9 Å². The minimum atomic E-state index is -1.03. The second-order valence-electron chi connectivity index (χ2n) is 3.36. The fourth-order valence-corrected chi connectivity index (χ4v) is 1.41. The number of nitrogens with zero attached hydrogens (tertiary/aromatic N) is 4. The fraction of sp³-hybridized carbons (Fsp3) is 0.200. The molecule has 0 atom stereocenters. The van der Waals surface area contributed by atoms with E-state index < -0.39 is 5.97 Å². The number of aromatic carboxylic acids is 1. The molecular formula is C10H10N4O2. The lowest BCUT2D eigenvalue weighted by Gasteiger charge is -2.08. The van der Waals surface area contributed by atoms with E-state index in [1.807, 2.05) is 0 Å². The van der Waals surface area contributed by atoms with Crippen molar-refractivity contribution in [3.8, 4) is 5.82 Å². The van der Waals surface area contributed by atoms with Gasteiger partial charge in [-0.05, 0) is 25.5 Å². The Morgan fingerprint density at radius 3 is 2.69 bits per heavy atom. The molecule has 6 heteroatoms. The maximum absolute atomic E-state index is 11.2. The molecule has 0 saturated heterocycles. The third-order valence-corrected chi connectivity index (χ3v) is 2.37. The Hall–Kier alpha value is -2.24. The minimum Gasteiger partial charge on any atom is -0.478 e. The van der Waals surface area contributed by atoms with Gasteiger partial charge >= 0.3 is 5.97 Å². The first-order valence-electron chi connectivity index (χ1n) is 4.68. The Balaban J connectivity index is 2.71. The summed E-state index contributed by atoms with van der Waals surface area (Å²) < 4.78 is 1.39. The molecule has 0 aromatic carbocycles. The second kappa shape index (κ2) is 3.73. The summed E-state index contributed by atoms with van der Waals surface area (Å²) in [5.41, 5.74) is 1.34. The molecule has 1 N–H and O–H groups in total. The van der Waals surface area contributed by atoms with Crippen molar-refractivity contribution in [3.63, 3.8) is 0 Å². The lowest BCUT2D eigenvalue weighted by molar-refractivity contribution is 0.0695. The molecule has 2 rings (SSSR count). The van der Waals surface area contributed by atoms with Crippen LogP contribution in [-0.4, -0.2) is 31.1 Å². The molecule has 0 saturated carbocycles. The van der Waals surface area contributed by atoms with Gasteiger partial charge in [0.2, 0.25) is 0 Å². The van der Waals surface area contributed by atoms with Crippen molar-refractivity contribution in [2.24, 2.45) is 0 Å². The van der Waals surface area contributed by atoms with Gasteiger partial charge in [0.15, 0.2) is 5.82 Å². The van der Waals surface area contributed by atoms with Crippen molar-refractivity contribution < 1.29 is 9.90 Å². The predicted octanol–water partition coefficient (Wildman–Crippen LogP) is 0.977. The summed E-state index contributed by atoms with van der Waals surface area (Å²) in [5.74, 6) is -0.790. The monoisotopic (exact) mass is 218 g/mol. The largest absolute Gasteiger partial charge is 0.478 e. The van der Waals surface area contributed by atoms with Gasteiger partial charge in [0, 0.05) is 12.4 Å². The van der Waals surface area contributed by atoms with Gasteiger partial charge in [0.25, 0.3) is 0 Å². The van der Waals surface area contributed by atoms with Gasteiger partial charge < -0.3 is 5.11 Å². The van der Waals surface area contributed by atoms with E-state index >= 15 is 0 Å². The smallest absolute Gasteiger partial charge is 0.339 e. The highest BCUT2D eigenvalue weighted by Gasteiger charge is 2.18. The molecule has 0 unspecified atom stereocenters. The van der Waals surface area contributed by atoms with Crippen LogP contribution in [0.2, 0.25) is 0 Å². The Morgan fingerprint density at radius 2 is 2.12 bits per heavy atom. The Labute approximate surface area is 91.6 Å². The normalized spacial score (nSPS) is 10.4. The van der Waals surface area contributed by atoms with Crippen molar-refractivity contribution >= 4 is 5.97 Å². The molecule has 82 valence electrons. The lowest BCUT2D eigenvalue weighted by atomic mass is 10.1. The number of aryl methyl sites for hydroxylation is 1. The molecule has 0 aliphatic carbocycles. The standard InChI is InChI=1S/C10H10N4O2/c1-6-7(2)12-13-9(8(6)10(15)16)14-5-3-4-11-14/h3-5H,1-2H3,(H,15,16). The van der Waals surface area contributed by atoms with Crippen molar-refractivity contribution in [1.82, 2.24) is 20.0 Å². The van der Waals surface area contributed by atoms with Crippen molar-refractivity contribution in [1.29, 1.82) is 0 Å². The van der Waals surface area contributed by atoms with E-state index in [1.54, 1.807) is 32.3 Å². The molecule has 0 amide bonds. The molecule has 0 fully saturated rings. The summed E-state index contributed by atoms with van der Waals surface area (Å²) >= 11 is 0. The SMILES string of the molecule is Cc1nnc(-n2cccn2)c(C(=O)O)c1C. The van der Waals surface area contributed by atoms with Crippen LogP contribution >= 0.6 is 0 Å².